The highest BCUT2D eigenvalue weighted by Gasteiger charge is 2.42. The van der Waals surface area contributed by atoms with Crippen molar-refractivity contribution in [3.63, 3.8) is 0 Å². The van der Waals surface area contributed by atoms with Crippen LogP contribution >= 0.6 is 7.37 Å². The summed E-state index contributed by atoms with van der Waals surface area (Å²) in [6.45, 7) is 4.00. The van der Waals surface area contributed by atoms with Crippen LogP contribution in [0.1, 0.15) is 20.3 Å². The van der Waals surface area contributed by atoms with Crippen molar-refractivity contribution in [2.45, 2.75) is 26.1 Å². The van der Waals surface area contributed by atoms with Crippen LogP contribution in [-0.2, 0) is 4.57 Å². The van der Waals surface area contributed by atoms with Crippen LogP contribution in [0.15, 0.2) is 48.5 Å². The van der Waals surface area contributed by atoms with E-state index in [1.54, 1.807) is 12.1 Å². The van der Waals surface area contributed by atoms with Gasteiger partial charge >= 0.3 is 7.37 Å². The lowest BCUT2D eigenvalue weighted by Crippen LogP contribution is -2.26. The van der Waals surface area contributed by atoms with E-state index in [4.69, 9.17) is 4.52 Å². The molecule has 4 heteroatoms. The molecule has 0 amide bonds. The second-order valence-electron chi connectivity index (χ2n) is 5.81. The van der Waals surface area contributed by atoms with Crippen molar-refractivity contribution < 1.29 is 14.2 Å². The predicted octanol–water partition coefficient (Wildman–Crippen LogP) is 4.01. The van der Waals surface area contributed by atoms with E-state index >= 15 is 0 Å². The number of rotatable bonds is 3. The Labute approximate surface area is 125 Å². The minimum Gasteiger partial charge on any atom is -0.438 e. The number of hydrogen-bond acceptors (Lipinski definition) is 3. The molecule has 2 aromatic carbocycles. The maximum Gasteiger partial charge on any atom is 0.305 e. The summed E-state index contributed by atoms with van der Waals surface area (Å²) in [5.41, 5.74) is 1.82. The Hall–Kier alpha value is -1.57. The summed E-state index contributed by atoms with van der Waals surface area (Å²) in [4.78, 5) is 0. The van der Waals surface area contributed by atoms with Gasteiger partial charge < -0.3 is 9.63 Å². The minimum atomic E-state index is -3.33. The number of aliphatic hydroxyl groups excluding tert-OH is 1. The number of fused-ring (bicyclic) bond motifs is 3. The number of para-hydroxylation sites is 1. The van der Waals surface area contributed by atoms with Gasteiger partial charge in [-0.15, -0.1) is 0 Å². The quantitative estimate of drug-likeness (QED) is 0.871. The van der Waals surface area contributed by atoms with Crippen LogP contribution in [0.25, 0.3) is 11.1 Å². The Bertz CT molecular complexity index is 709. The van der Waals surface area contributed by atoms with Crippen molar-refractivity contribution in [1.82, 2.24) is 0 Å². The lowest BCUT2D eigenvalue weighted by atomic mass is 10.0. The fourth-order valence-electron chi connectivity index (χ4n) is 2.72. The summed E-state index contributed by atoms with van der Waals surface area (Å²) in [5, 5.41) is 11.1. The molecule has 1 heterocycles. The summed E-state index contributed by atoms with van der Waals surface area (Å²) in [7, 11) is -3.33. The molecule has 0 bridgehead atoms. The molecule has 110 valence electrons. The lowest BCUT2D eigenvalue weighted by Gasteiger charge is -2.32. The van der Waals surface area contributed by atoms with Crippen molar-refractivity contribution in [2.24, 2.45) is 5.92 Å². The van der Waals surface area contributed by atoms with Gasteiger partial charge in [-0.1, -0.05) is 50.2 Å². The molecule has 0 spiro atoms. The first-order chi connectivity index (χ1) is 10.0. The van der Waals surface area contributed by atoms with E-state index in [0.29, 0.717) is 17.5 Å². The van der Waals surface area contributed by atoms with E-state index in [9.17, 15) is 9.67 Å². The molecule has 1 N–H and O–H groups in total. The van der Waals surface area contributed by atoms with Gasteiger partial charge in [-0.3, -0.25) is 4.57 Å². The van der Waals surface area contributed by atoms with E-state index < -0.39 is 13.2 Å². The fourth-order valence-corrected chi connectivity index (χ4v) is 5.24. The number of hydrogen-bond donors (Lipinski definition) is 1. The third-order valence-electron chi connectivity index (χ3n) is 3.73. The van der Waals surface area contributed by atoms with Crippen molar-refractivity contribution >= 4 is 12.7 Å². The highest BCUT2D eigenvalue weighted by molar-refractivity contribution is 7.68. The summed E-state index contributed by atoms with van der Waals surface area (Å²) >= 11 is 0. The van der Waals surface area contributed by atoms with Crippen LogP contribution in [-0.4, -0.2) is 11.0 Å². The van der Waals surface area contributed by atoms with Crippen molar-refractivity contribution in [3.8, 4) is 16.9 Å². The third kappa shape index (κ3) is 2.41. The van der Waals surface area contributed by atoms with Gasteiger partial charge in [0.05, 0.1) is 5.30 Å². The van der Waals surface area contributed by atoms with Gasteiger partial charge in [0.1, 0.15) is 11.6 Å². The molecule has 2 aromatic rings. The first-order valence-corrected chi connectivity index (χ1v) is 8.88. The second-order valence-corrected chi connectivity index (χ2v) is 8.27. The Balaban J connectivity index is 2.16. The topological polar surface area (TPSA) is 46.5 Å². The van der Waals surface area contributed by atoms with Crippen molar-refractivity contribution in [3.05, 3.63) is 48.5 Å². The smallest absolute Gasteiger partial charge is 0.305 e. The molecule has 21 heavy (non-hydrogen) atoms. The summed E-state index contributed by atoms with van der Waals surface area (Å²) in [6, 6.07) is 15.0. The minimum absolute atomic E-state index is 0.249. The molecule has 0 aliphatic carbocycles. The van der Waals surface area contributed by atoms with Gasteiger partial charge in [0.25, 0.3) is 0 Å². The van der Waals surface area contributed by atoms with E-state index in [1.165, 1.54) is 0 Å². The molecule has 2 unspecified atom stereocenters. The van der Waals surface area contributed by atoms with E-state index in [-0.39, 0.29) is 5.92 Å². The van der Waals surface area contributed by atoms with E-state index in [2.05, 4.69) is 0 Å². The molecule has 0 aromatic heterocycles. The molecule has 0 saturated heterocycles. The molecular formula is C17H19O3P. The van der Waals surface area contributed by atoms with Crippen molar-refractivity contribution in [2.75, 3.05) is 0 Å². The first kappa shape index (κ1) is 14.4. The SMILES string of the molecule is CC(C)CC(O)P1(=O)Oc2ccccc2-c2ccccc21. The molecule has 0 saturated carbocycles. The predicted molar refractivity (Wildman–Crippen MR) is 85.2 cm³/mol. The fraction of sp³-hybridized carbons (Fsp3) is 0.294. The van der Waals surface area contributed by atoms with Gasteiger partial charge in [-0.05, 0) is 30.0 Å². The van der Waals surface area contributed by atoms with E-state index in [1.807, 2.05) is 50.2 Å². The third-order valence-corrected chi connectivity index (χ3v) is 6.25. The summed E-state index contributed by atoms with van der Waals surface area (Å²) < 4.78 is 19.2. The monoisotopic (exact) mass is 302 g/mol. The van der Waals surface area contributed by atoms with Gasteiger partial charge in [0, 0.05) is 5.56 Å². The molecule has 1 aliphatic rings. The molecule has 3 nitrogen and oxygen atoms in total. The van der Waals surface area contributed by atoms with Gasteiger partial charge in [0.15, 0.2) is 0 Å². The zero-order chi connectivity index (χ0) is 15.0. The van der Waals surface area contributed by atoms with Crippen LogP contribution in [0.3, 0.4) is 0 Å². The highest BCUT2D eigenvalue weighted by Crippen LogP contribution is 2.58. The van der Waals surface area contributed by atoms with Gasteiger partial charge in [0.2, 0.25) is 0 Å². The maximum atomic E-state index is 13.4. The van der Waals surface area contributed by atoms with Gasteiger partial charge in [-0.25, -0.2) is 0 Å². The number of aliphatic hydroxyl groups is 1. The molecule has 3 rings (SSSR count). The molecule has 0 fully saturated rings. The summed E-state index contributed by atoms with van der Waals surface area (Å²) in [5.74, 6) is -0.145. The Morgan fingerprint density at radius 3 is 2.38 bits per heavy atom. The molecular weight excluding hydrogens is 283 g/mol. The highest BCUT2D eigenvalue weighted by atomic mass is 31.2. The first-order valence-electron chi connectivity index (χ1n) is 7.19. The zero-order valence-corrected chi connectivity index (χ0v) is 13.1. The van der Waals surface area contributed by atoms with Crippen LogP contribution in [0.2, 0.25) is 0 Å². The standard InChI is InChI=1S/C17H19O3P/c1-12(2)11-17(18)21(19)16-10-6-4-8-14(16)13-7-3-5-9-15(13)20-21/h3-10,12,17-18H,11H2,1-2H3. The largest absolute Gasteiger partial charge is 0.438 e. The van der Waals surface area contributed by atoms with Crippen LogP contribution in [0.4, 0.5) is 0 Å². The Morgan fingerprint density at radius 1 is 1.05 bits per heavy atom. The maximum absolute atomic E-state index is 13.4. The van der Waals surface area contributed by atoms with Crippen LogP contribution in [0, 0.1) is 5.92 Å². The van der Waals surface area contributed by atoms with Crippen LogP contribution in [0.5, 0.6) is 5.75 Å². The zero-order valence-electron chi connectivity index (χ0n) is 12.2. The van der Waals surface area contributed by atoms with Gasteiger partial charge in [-0.2, -0.15) is 0 Å². The Morgan fingerprint density at radius 2 is 1.67 bits per heavy atom. The molecule has 1 aliphatic heterocycles. The van der Waals surface area contributed by atoms with Crippen molar-refractivity contribution in [1.29, 1.82) is 0 Å². The second kappa shape index (κ2) is 5.32. The average molecular weight is 302 g/mol. The summed E-state index contributed by atoms with van der Waals surface area (Å²) in [6.07, 6.45) is 0.452. The molecule has 0 radical (unpaired) electrons. The average Bonchev–Trinajstić information content (AvgIpc) is 2.47. The van der Waals surface area contributed by atoms with Crippen LogP contribution < -0.4 is 9.83 Å². The lowest BCUT2D eigenvalue weighted by molar-refractivity contribution is 0.208. The van der Waals surface area contributed by atoms with E-state index in [0.717, 1.165) is 11.1 Å². The molecule has 2 atom stereocenters. The normalized spacial score (nSPS) is 21.3. The Kier molecular flexibility index (Phi) is 3.64. The number of benzene rings is 2.